The molecule has 0 aliphatic carbocycles. The van der Waals surface area contributed by atoms with Crippen LogP contribution in [0, 0.1) is 0 Å². The van der Waals surface area contributed by atoms with Crippen LogP contribution in [0.3, 0.4) is 0 Å². The van der Waals surface area contributed by atoms with Crippen LogP contribution >= 0.6 is 0 Å². The zero-order valence-corrected chi connectivity index (χ0v) is 7.45. The Morgan fingerprint density at radius 2 is 2.21 bits per heavy atom. The number of hydrogen-bond donors (Lipinski definition) is 1. The highest BCUT2D eigenvalue weighted by molar-refractivity contribution is 6.08. The molecule has 1 N–H and O–H groups in total. The van der Waals surface area contributed by atoms with E-state index in [1.807, 2.05) is 18.2 Å². The van der Waals surface area contributed by atoms with Gasteiger partial charge in [0, 0.05) is 23.2 Å². The molecule has 3 rings (SSSR count). The number of carbonyl (C=O) groups excluding carboxylic acids is 1. The molecule has 0 saturated heterocycles. The Labute approximate surface area is 80.8 Å². The highest BCUT2D eigenvalue weighted by atomic mass is 16.1. The van der Waals surface area contributed by atoms with Crippen LogP contribution < -0.4 is 5.32 Å². The largest absolute Gasteiger partial charge is 0.325 e. The predicted octanol–water partition coefficient (Wildman–Crippen LogP) is 1.73. The second-order valence-electron chi connectivity index (χ2n) is 3.42. The van der Waals surface area contributed by atoms with Gasteiger partial charge < -0.3 is 5.32 Å². The minimum absolute atomic E-state index is 0.0734. The van der Waals surface area contributed by atoms with E-state index in [2.05, 4.69) is 10.3 Å². The number of fused-ring (bicyclic) bond motifs is 3. The molecular formula is C11H8N2O. The Bertz CT molecular complexity index is 534. The Hall–Kier alpha value is -1.90. The van der Waals surface area contributed by atoms with Crippen molar-refractivity contribution >= 4 is 22.4 Å². The van der Waals surface area contributed by atoms with Gasteiger partial charge in [-0.2, -0.15) is 0 Å². The SMILES string of the molecule is O=C1Cc2ccc3cnccc3c2N1. The van der Waals surface area contributed by atoms with Crippen molar-refractivity contribution in [2.45, 2.75) is 6.42 Å². The molecule has 68 valence electrons. The molecule has 0 spiro atoms. The van der Waals surface area contributed by atoms with Gasteiger partial charge in [-0.3, -0.25) is 9.78 Å². The van der Waals surface area contributed by atoms with E-state index >= 15 is 0 Å². The van der Waals surface area contributed by atoms with Crippen LogP contribution in [0.4, 0.5) is 5.69 Å². The molecule has 14 heavy (non-hydrogen) atoms. The van der Waals surface area contributed by atoms with Crippen molar-refractivity contribution in [2.75, 3.05) is 5.32 Å². The van der Waals surface area contributed by atoms with Gasteiger partial charge in [-0.1, -0.05) is 12.1 Å². The summed E-state index contributed by atoms with van der Waals surface area (Å²) in [6.45, 7) is 0. The van der Waals surface area contributed by atoms with Crippen LogP contribution in [-0.4, -0.2) is 10.9 Å². The van der Waals surface area contributed by atoms with E-state index in [1.54, 1.807) is 12.4 Å². The van der Waals surface area contributed by atoms with Crippen molar-refractivity contribution in [1.82, 2.24) is 4.98 Å². The van der Waals surface area contributed by atoms with Crippen molar-refractivity contribution in [3.8, 4) is 0 Å². The second kappa shape index (κ2) is 2.54. The first kappa shape index (κ1) is 7.50. The molecule has 2 heterocycles. The van der Waals surface area contributed by atoms with E-state index in [0.29, 0.717) is 6.42 Å². The summed E-state index contributed by atoms with van der Waals surface area (Å²) in [5, 5.41) is 5.01. The third kappa shape index (κ3) is 0.923. The maximum Gasteiger partial charge on any atom is 0.228 e. The molecule has 0 atom stereocenters. The van der Waals surface area contributed by atoms with Crippen molar-refractivity contribution < 1.29 is 4.79 Å². The molecule has 0 unspecified atom stereocenters. The van der Waals surface area contributed by atoms with E-state index in [1.165, 1.54) is 0 Å². The molecule has 3 nitrogen and oxygen atoms in total. The summed E-state index contributed by atoms with van der Waals surface area (Å²) < 4.78 is 0. The second-order valence-corrected chi connectivity index (χ2v) is 3.42. The van der Waals surface area contributed by atoms with Gasteiger partial charge in [-0.25, -0.2) is 0 Å². The molecule has 1 aromatic heterocycles. The van der Waals surface area contributed by atoms with E-state index < -0.39 is 0 Å². The van der Waals surface area contributed by atoms with Crippen molar-refractivity contribution in [2.24, 2.45) is 0 Å². The fraction of sp³-hybridized carbons (Fsp3) is 0.0909. The standard InChI is InChI=1S/C11H8N2O/c14-10-5-7-1-2-8-6-12-4-3-9(8)11(7)13-10/h1-4,6H,5H2,(H,13,14). The number of hydrogen-bond acceptors (Lipinski definition) is 2. The van der Waals surface area contributed by atoms with Gasteiger partial charge in [0.2, 0.25) is 5.91 Å². The topological polar surface area (TPSA) is 42.0 Å². The van der Waals surface area contributed by atoms with Gasteiger partial charge in [0.25, 0.3) is 0 Å². The lowest BCUT2D eigenvalue weighted by Crippen LogP contribution is -2.03. The van der Waals surface area contributed by atoms with Gasteiger partial charge in [0.1, 0.15) is 0 Å². The normalized spacial score (nSPS) is 14.1. The van der Waals surface area contributed by atoms with Crippen molar-refractivity contribution in [3.05, 3.63) is 36.2 Å². The minimum Gasteiger partial charge on any atom is -0.325 e. The zero-order valence-electron chi connectivity index (χ0n) is 7.45. The third-order valence-corrected chi connectivity index (χ3v) is 2.52. The minimum atomic E-state index is 0.0734. The lowest BCUT2D eigenvalue weighted by Gasteiger charge is -2.03. The highest BCUT2D eigenvalue weighted by Crippen LogP contribution is 2.30. The molecule has 0 saturated carbocycles. The van der Waals surface area contributed by atoms with E-state index in [-0.39, 0.29) is 5.91 Å². The van der Waals surface area contributed by atoms with Crippen molar-refractivity contribution in [3.63, 3.8) is 0 Å². The van der Waals surface area contributed by atoms with Crippen LogP contribution in [0.1, 0.15) is 5.56 Å². The number of aromatic nitrogens is 1. The Morgan fingerprint density at radius 3 is 3.14 bits per heavy atom. The number of amides is 1. The number of benzene rings is 1. The first-order valence-electron chi connectivity index (χ1n) is 4.50. The summed E-state index contributed by atoms with van der Waals surface area (Å²) in [6, 6.07) is 5.92. The van der Waals surface area contributed by atoms with Gasteiger partial charge in [-0.15, -0.1) is 0 Å². The number of anilines is 1. The summed E-state index contributed by atoms with van der Waals surface area (Å²) in [5.74, 6) is 0.0734. The van der Waals surface area contributed by atoms with Crippen LogP contribution in [-0.2, 0) is 11.2 Å². The summed E-state index contributed by atoms with van der Waals surface area (Å²) >= 11 is 0. The number of nitrogens with one attached hydrogen (secondary N) is 1. The highest BCUT2D eigenvalue weighted by Gasteiger charge is 2.19. The summed E-state index contributed by atoms with van der Waals surface area (Å²) in [7, 11) is 0. The average Bonchev–Trinajstić information content (AvgIpc) is 2.59. The number of nitrogens with zero attached hydrogens (tertiary/aromatic N) is 1. The Morgan fingerprint density at radius 1 is 1.29 bits per heavy atom. The van der Waals surface area contributed by atoms with E-state index in [9.17, 15) is 4.79 Å². The quantitative estimate of drug-likeness (QED) is 0.677. The monoisotopic (exact) mass is 184 g/mol. The molecule has 1 aromatic carbocycles. The summed E-state index contributed by atoms with van der Waals surface area (Å²) in [5.41, 5.74) is 2.03. The first-order valence-corrected chi connectivity index (χ1v) is 4.50. The van der Waals surface area contributed by atoms with Crippen LogP contribution in [0.5, 0.6) is 0 Å². The Balaban J connectivity index is 2.39. The smallest absolute Gasteiger partial charge is 0.228 e. The molecule has 0 radical (unpaired) electrons. The fourth-order valence-electron chi connectivity index (χ4n) is 1.87. The third-order valence-electron chi connectivity index (χ3n) is 2.52. The molecule has 1 aliphatic rings. The summed E-state index contributed by atoms with van der Waals surface area (Å²) in [6.07, 6.45) is 4.04. The van der Waals surface area contributed by atoms with E-state index in [0.717, 1.165) is 22.0 Å². The molecule has 2 aromatic rings. The summed E-state index contributed by atoms with van der Waals surface area (Å²) in [4.78, 5) is 15.3. The molecular weight excluding hydrogens is 176 g/mol. The molecule has 0 fully saturated rings. The Kier molecular flexibility index (Phi) is 1.36. The van der Waals surface area contributed by atoms with Crippen LogP contribution in [0.25, 0.3) is 10.8 Å². The average molecular weight is 184 g/mol. The van der Waals surface area contributed by atoms with Crippen LogP contribution in [0.15, 0.2) is 30.6 Å². The van der Waals surface area contributed by atoms with Gasteiger partial charge >= 0.3 is 0 Å². The molecule has 1 aliphatic heterocycles. The maximum atomic E-state index is 11.2. The fourth-order valence-corrected chi connectivity index (χ4v) is 1.87. The van der Waals surface area contributed by atoms with Gasteiger partial charge in [0.05, 0.1) is 12.1 Å². The number of pyridine rings is 1. The molecule has 3 heteroatoms. The lowest BCUT2D eigenvalue weighted by atomic mass is 10.1. The number of carbonyl (C=O) groups is 1. The molecule has 1 amide bonds. The number of rotatable bonds is 0. The molecule has 0 bridgehead atoms. The maximum absolute atomic E-state index is 11.2. The van der Waals surface area contributed by atoms with E-state index in [4.69, 9.17) is 0 Å². The lowest BCUT2D eigenvalue weighted by molar-refractivity contribution is -0.115. The predicted molar refractivity (Wildman–Crippen MR) is 54.1 cm³/mol. The van der Waals surface area contributed by atoms with Crippen LogP contribution in [0.2, 0.25) is 0 Å². The zero-order chi connectivity index (χ0) is 9.54. The first-order chi connectivity index (χ1) is 6.84. The van der Waals surface area contributed by atoms with Gasteiger partial charge in [-0.05, 0) is 11.6 Å². The van der Waals surface area contributed by atoms with Crippen molar-refractivity contribution in [1.29, 1.82) is 0 Å². The van der Waals surface area contributed by atoms with Gasteiger partial charge in [0.15, 0.2) is 0 Å².